The number of nitrogens with one attached hydrogen (secondary N) is 1. The zero-order valence-electron chi connectivity index (χ0n) is 19.9. The van der Waals surface area contributed by atoms with Gasteiger partial charge >= 0.3 is 5.69 Å². The van der Waals surface area contributed by atoms with Crippen molar-refractivity contribution in [3.63, 3.8) is 0 Å². The lowest BCUT2D eigenvalue weighted by atomic mass is 9.67. The molecule has 1 saturated carbocycles. The summed E-state index contributed by atoms with van der Waals surface area (Å²) in [6.07, 6.45) is 7.17. The van der Waals surface area contributed by atoms with Crippen molar-refractivity contribution >= 4 is 12.0 Å². The highest BCUT2D eigenvalue weighted by Gasteiger charge is 2.40. The molecule has 1 fully saturated rings. The Morgan fingerprint density at radius 3 is 2.75 bits per heavy atom. The Morgan fingerprint density at radius 2 is 2.09 bits per heavy atom. The monoisotopic (exact) mass is 442 g/mol. The summed E-state index contributed by atoms with van der Waals surface area (Å²) < 4.78 is 8.10. The summed E-state index contributed by atoms with van der Waals surface area (Å²) in [5.74, 6) is 0.0651. The lowest BCUT2D eigenvalue weighted by Crippen LogP contribution is -2.51. The molecule has 0 spiro atoms. The van der Waals surface area contributed by atoms with Gasteiger partial charge in [0.1, 0.15) is 6.20 Å². The van der Waals surface area contributed by atoms with Crippen LogP contribution in [0, 0.1) is 16.7 Å². The van der Waals surface area contributed by atoms with Crippen molar-refractivity contribution < 1.29 is 9.42 Å². The van der Waals surface area contributed by atoms with Gasteiger partial charge in [-0.3, -0.25) is 18.9 Å². The molecule has 0 saturated heterocycles. The zero-order valence-corrected chi connectivity index (χ0v) is 19.9. The van der Waals surface area contributed by atoms with E-state index in [1.165, 1.54) is 6.20 Å². The molecule has 2 aromatic rings. The van der Waals surface area contributed by atoms with Crippen LogP contribution in [0.25, 0.3) is 6.08 Å². The Hall–Kier alpha value is -2.71. The topological polar surface area (TPSA) is 107 Å². The molecule has 32 heavy (non-hydrogen) atoms. The van der Waals surface area contributed by atoms with E-state index >= 15 is 0 Å². The minimum atomic E-state index is -0.263. The predicted octanol–water partition coefficient (Wildman–Crippen LogP) is 1.41. The van der Waals surface area contributed by atoms with Crippen molar-refractivity contribution in [1.82, 2.24) is 24.8 Å². The molecule has 0 aromatic carbocycles. The molecule has 0 bridgehead atoms. The van der Waals surface area contributed by atoms with Crippen molar-refractivity contribution in [2.45, 2.75) is 78.9 Å². The molecule has 4 rings (SSSR count). The van der Waals surface area contributed by atoms with E-state index in [-0.39, 0.29) is 40.2 Å². The first-order valence-corrected chi connectivity index (χ1v) is 11.4. The third-order valence-electron chi connectivity index (χ3n) is 6.91. The van der Waals surface area contributed by atoms with Crippen LogP contribution in [0.5, 0.6) is 0 Å². The Labute approximate surface area is 187 Å². The molecule has 174 valence electrons. The van der Waals surface area contributed by atoms with Crippen molar-refractivity contribution in [2.75, 3.05) is 0 Å². The Bertz CT molecular complexity index is 1170. The van der Waals surface area contributed by atoms with Gasteiger partial charge in [-0.15, -0.1) is 0 Å². The van der Waals surface area contributed by atoms with E-state index in [4.69, 9.17) is 4.99 Å². The first kappa shape index (κ1) is 22.5. The summed E-state index contributed by atoms with van der Waals surface area (Å²) in [5.41, 5.74) is 0.925. The third kappa shape index (κ3) is 4.29. The van der Waals surface area contributed by atoms with Crippen molar-refractivity contribution in [3.05, 3.63) is 33.2 Å². The van der Waals surface area contributed by atoms with Crippen LogP contribution in [0.4, 0.5) is 0 Å². The van der Waals surface area contributed by atoms with Gasteiger partial charge in [-0.25, -0.2) is 9.42 Å². The van der Waals surface area contributed by atoms with E-state index in [1.807, 2.05) is 4.57 Å². The second-order valence-electron chi connectivity index (χ2n) is 11.2. The Balaban J connectivity index is 1.58. The second-order valence-corrected chi connectivity index (χ2v) is 11.2. The molecule has 1 amide bonds. The summed E-state index contributed by atoms with van der Waals surface area (Å²) in [4.78, 5) is 30.5. The third-order valence-corrected chi connectivity index (χ3v) is 6.91. The van der Waals surface area contributed by atoms with Gasteiger partial charge < -0.3 is 5.32 Å². The van der Waals surface area contributed by atoms with E-state index in [0.29, 0.717) is 12.5 Å². The van der Waals surface area contributed by atoms with Gasteiger partial charge in [0.25, 0.3) is 5.91 Å². The van der Waals surface area contributed by atoms with Gasteiger partial charge in [0.15, 0.2) is 11.2 Å². The number of nitrogens with zero attached hydrogens (tertiary/aromatic N) is 5. The average Bonchev–Trinajstić information content (AvgIpc) is 3.33. The SMILES string of the molecule is Cn1c2c(n(CC(C)(C)C)c1=O)=CCC(C1CCC(C)(C)C(NC(=O)c3cnon3)C1)N=2. The van der Waals surface area contributed by atoms with Crippen LogP contribution in [-0.4, -0.2) is 37.4 Å². The minimum absolute atomic E-state index is 0.00336. The van der Waals surface area contributed by atoms with Crippen LogP contribution in [0.3, 0.4) is 0 Å². The number of aromatic nitrogens is 4. The fourth-order valence-electron chi connectivity index (χ4n) is 4.96. The lowest BCUT2D eigenvalue weighted by Gasteiger charge is -2.44. The highest BCUT2D eigenvalue weighted by atomic mass is 16.6. The molecule has 1 N–H and O–H groups in total. The molecule has 9 heteroatoms. The van der Waals surface area contributed by atoms with E-state index in [9.17, 15) is 9.59 Å². The maximum absolute atomic E-state index is 12.9. The fraction of sp³-hybridized carbons (Fsp3) is 0.696. The van der Waals surface area contributed by atoms with Gasteiger partial charge in [-0.2, -0.15) is 0 Å². The summed E-state index contributed by atoms with van der Waals surface area (Å²) in [5, 5.41) is 11.2. The molecule has 2 aliphatic rings. The number of amides is 1. The van der Waals surface area contributed by atoms with Crippen molar-refractivity contribution in [3.8, 4) is 0 Å². The average molecular weight is 443 g/mol. The number of hydrogen-bond donors (Lipinski definition) is 1. The van der Waals surface area contributed by atoms with Crippen LogP contribution in [0.1, 0.15) is 70.8 Å². The van der Waals surface area contributed by atoms with Gasteiger partial charge in [0.2, 0.25) is 0 Å². The maximum atomic E-state index is 12.9. The van der Waals surface area contributed by atoms with Crippen LogP contribution < -0.4 is 21.8 Å². The van der Waals surface area contributed by atoms with Crippen molar-refractivity contribution in [2.24, 2.45) is 28.8 Å². The summed E-state index contributed by atoms with van der Waals surface area (Å²) in [6.45, 7) is 11.4. The first-order valence-electron chi connectivity index (χ1n) is 11.4. The van der Waals surface area contributed by atoms with Crippen LogP contribution in [-0.2, 0) is 13.6 Å². The highest BCUT2D eigenvalue weighted by molar-refractivity contribution is 5.91. The predicted molar refractivity (Wildman–Crippen MR) is 119 cm³/mol. The molecule has 3 unspecified atom stereocenters. The van der Waals surface area contributed by atoms with Gasteiger partial charge in [0, 0.05) is 19.6 Å². The normalized spacial score (nSPS) is 24.9. The van der Waals surface area contributed by atoms with Gasteiger partial charge in [-0.1, -0.05) is 45.9 Å². The molecule has 3 atom stereocenters. The number of carbonyl (C=O) groups excluding carboxylic acids is 1. The Morgan fingerprint density at radius 1 is 1.34 bits per heavy atom. The number of hydrogen-bond acceptors (Lipinski definition) is 6. The smallest absolute Gasteiger partial charge is 0.330 e. The standard InChI is InChI=1S/C23H34N6O3/c1-22(2,3)13-29-17-8-7-15(25-19(17)28(6)21(29)31)14-9-10-23(4,5)18(11-14)26-20(30)16-12-24-32-27-16/h8,12,14-15,18H,7,9-11,13H2,1-6H3,(H,26,30). The minimum Gasteiger partial charge on any atom is -0.347 e. The van der Waals surface area contributed by atoms with Crippen molar-refractivity contribution in [1.29, 1.82) is 0 Å². The van der Waals surface area contributed by atoms with Crippen LogP contribution in [0.15, 0.2) is 20.6 Å². The number of carbonyl (C=O) groups is 1. The van der Waals surface area contributed by atoms with Crippen LogP contribution >= 0.6 is 0 Å². The van der Waals surface area contributed by atoms with Crippen LogP contribution in [0.2, 0.25) is 0 Å². The number of rotatable bonds is 4. The van der Waals surface area contributed by atoms with Gasteiger partial charge in [0.05, 0.1) is 11.4 Å². The summed E-state index contributed by atoms with van der Waals surface area (Å²) >= 11 is 0. The van der Waals surface area contributed by atoms with Gasteiger partial charge in [-0.05, 0) is 47.6 Å². The summed E-state index contributed by atoms with van der Waals surface area (Å²) in [6, 6.07) is 0.0964. The molecule has 2 aromatic heterocycles. The molecule has 1 aliphatic carbocycles. The maximum Gasteiger partial charge on any atom is 0.330 e. The highest BCUT2D eigenvalue weighted by Crippen LogP contribution is 2.41. The molecule has 3 heterocycles. The Kier molecular flexibility index (Phi) is 5.63. The van der Waals surface area contributed by atoms with E-state index in [2.05, 4.69) is 61.0 Å². The molecular formula is C23H34N6O3. The van der Waals surface area contributed by atoms with E-state index < -0.39 is 0 Å². The zero-order chi connectivity index (χ0) is 23.3. The summed E-state index contributed by atoms with van der Waals surface area (Å²) in [7, 11) is 1.80. The quantitative estimate of drug-likeness (QED) is 0.770. The molecule has 0 radical (unpaired) electrons. The lowest BCUT2D eigenvalue weighted by molar-refractivity contribution is 0.0768. The number of imidazole rings is 1. The first-order chi connectivity index (χ1) is 15.0. The molecular weight excluding hydrogens is 408 g/mol. The largest absolute Gasteiger partial charge is 0.347 e. The second kappa shape index (κ2) is 8.01. The van der Waals surface area contributed by atoms with E-state index in [1.54, 1.807) is 11.6 Å². The van der Waals surface area contributed by atoms with E-state index in [0.717, 1.165) is 36.5 Å². The fourth-order valence-corrected chi connectivity index (χ4v) is 4.96. The molecule has 9 nitrogen and oxygen atoms in total. The molecule has 1 aliphatic heterocycles. The number of fused-ring (bicyclic) bond motifs is 1.